The van der Waals surface area contributed by atoms with E-state index in [9.17, 15) is 0 Å². The molecule has 1 radical (unpaired) electrons. The minimum Gasteiger partial charge on any atom is -0.0870 e. The largest absolute Gasteiger partial charge is 0.0870 e. The summed E-state index contributed by atoms with van der Waals surface area (Å²) >= 11 is 7.85. The van der Waals surface area contributed by atoms with E-state index in [0.29, 0.717) is 11.4 Å². The second kappa shape index (κ2) is 4.63. The molecule has 0 aliphatic rings. The monoisotopic (exact) mass is 275 g/mol. The molecule has 0 fully saturated rings. The Morgan fingerprint density at radius 3 is 3.09 bits per heavy atom. The summed E-state index contributed by atoms with van der Waals surface area (Å²) in [5.41, 5.74) is 1.04. The lowest BCUT2D eigenvalue weighted by atomic mass is 10.2. The van der Waals surface area contributed by atoms with Crippen LogP contribution in [0.4, 0.5) is 0 Å². The lowest BCUT2D eigenvalue weighted by Gasteiger charge is -1.95. The summed E-state index contributed by atoms with van der Waals surface area (Å²) in [6.45, 7) is 0. The number of halogens is 2. The van der Waals surface area contributed by atoms with Crippen molar-refractivity contribution in [3.63, 3.8) is 0 Å². The second-order valence-corrected chi connectivity index (χ2v) is 2.87. The summed E-state index contributed by atoms with van der Waals surface area (Å²) in [5.74, 6) is 2.94. The Morgan fingerprint density at radius 2 is 2.45 bits per heavy atom. The molecule has 0 N–H and O–H groups in total. The van der Waals surface area contributed by atoms with Crippen LogP contribution in [0.3, 0.4) is 0 Å². The number of benzene rings is 1. The molecule has 0 saturated carbocycles. The van der Waals surface area contributed by atoms with Crippen LogP contribution in [0, 0.1) is 15.9 Å². The predicted octanol–water partition coefficient (Wildman–Crippen LogP) is 3.08. The molecule has 0 unspecified atom stereocenters. The SMILES string of the molecule is Clc1[c]cccc1CC#CI. The Kier molecular flexibility index (Phi) is 3.74. The molecular formula is C9H5ClI. The molecule has 55 valence electrons. The van der Waals surface area contributed by atoms with E-state index in [1.165, 1.54) is 0 Å². The van der Waals surface area contributed by atoms with Gasteiger partial charge in [-0.2, -0.15) is 0 Å². The van der Waals surface area contributed by atoms with Crippen LogP contribution < -0.4 is 0 Å². The Bertz CT molecular complexity index is 296. The first-order valence-corrected chi connectivity index (χ1v) is 4.54. The molecule has 0 saturated heterocycles. The van der Waals surface area contributed by atoms with Gasteiger partial charge in [-0.25, -0.2) is 0 Å². The Hall–Kier alpha value is -0.200. The summed E-state index contributed by atoms with van der Waals surface area (Å²) in [4.78, 5) is 0. The van der Waals surface area contributed by atoms with Crippen LogP contribution in [0.5, 0.6) is 0 Å². The average molecular weight is 275 g/mol. The van der Waals surface area contributed by atoms with Crippen molar-refractivity contribution in [2.75, 3.05) is 0 Å². The van der Waals surface area contributed by atoms with Crippen molar-refractivity contribution in [3.8, 4) is 9.85 Å². The van der Waals surface area contributed by atoms with E-state index in [2.05, 4.69) is 15.9 Å². The third-order valence-electron chi connectivity index (χ3n) is 1.23. The maximum Gasteiger partial charge on any atom is 0.0526 e. The molecule has 1 rings (SSSR count). The highest BCUT2D eigenvalue weighted by molar-refractivity contribution is 14.1. The van der Waals surface area contributed by atoms with Crippen LogP contribution in [0.25, 0.3) is 0 Å². The van der Waals surface area contributed by atoms with E-state index in [-0.39, 0.29) is 0 Å². The maximum absolute atomic E-state index is 5.83. The fourth-order valence-corrected chi connectivity index (χ4v) is 1.10. The van der Waals surface area contributed by atoms with E-state index >= 15 is 0 Å². The van der Waals surface area contributed by atoms with Crippen LogP contribution in [-0.2, 0) is 6.42 Å². The highest BCUT2D eigenvalue weighted by atomic mass is 127. The Labute approximate surface area is 85.1 Å². The van der Waals surface area contributed by atoms with Crippen molar-refractivity contribution >= 4 is 34.2 Å². The zero-order chi connectivity index (χ0) is 8.10. The molecule has 0 amide bonds. The number of rotatable bonds is 1. The van der Waals surface area contributed by atoms with Gasteiger partial charge in [-0.15, -0.1) is 0 Å². The summed E-state index contributed by atoms with van der Waals surface area (Å²) in [5, 5.41) is 0.673. The first kappa shape index (κ1) is 8.89. The zero-order valence-corrected chi connectivity index (χ0v) is 8.61. The van der Waals surface area contributed by atoms with Gasteiger partial charge in [-0.05, 0) is 9.49 Å². The molecule has 2 heteroatoms. The van der Waals surface area contributed by atoms with Gasteiger partial charge in [-0.1, -0.05) is 35.7 Å². The van der Waals surface area contributed by atoms with Crippen molar-refractivity contribution in [2.45, 2.75) is 6.42 Å². The highest BCUT2D eigenvalue weighted by Crippen LogP contribution is 2.13. The maximum atomic E-state index is 5.83. The smallest absolute Gasteiger partial charge is 0.0526 e. The van der Waals surface area contributed by atoms with Crippen molar-refractivity contribution < 1.29 is 0 Å². The fourth-order valence-electron chi connectivity index (χ4n) is 0.717. The van der Waals surface area contributed by atoms with Crippen LogP contribution in [0.15, 0.2) is 18.2 Å². The molecule has 0 aliphatic carbocycles. The Balaban J connectivity index is 2.83. The lowest BCUT2D eigenvalue weighted by Crippen LogP contribution is -1.81. The van der Waals surface area contributed by atoms with Crippen molar-refractivity contribution in [2.24, 2.45) is 0 Å². The van der Waals surface area contributed by atoms with Gasteiger partial charge in [0.1, 0.15) is 0 Å². The van der Waals surface area contributed by atoms with Crippen LogP contribution in [0.2, 0.25) is 5.02 Å². The van der Waals surface area contributed by atoms with Gasteiger partial charge >= 0.3 is 0 Å². The van der Waals surface area contributed by atoms with E-state index in [0.717, 1.165) is 5.56 Å². The topological polar surface area (TPSA) is 0 Å². The van der Waals surface area contributed by atoms with Gasteiger partial charge in [0.15, 0.2) is 0 Å². The van der Waals surface area contributed by atoms with Crippen molar-refractivity contribution in [1.29, 1.82) is 0 Å². The molecule has 11 heavy (non-hydrogen) atoms. The summed E-state index contributed by atoms with van der Waals surface area (Å²) in [7, 11) is 0. The molecule has 0 atom stereocenters. The molecule has 1 aromatic carbocycles. The minimum atomic E-state index is 0.673. The lowest BCUT2D eigenvalue weighted by molar-refractivity contribution is 1.32. The molecule has 0 nitrogen and oxygen atoms in total. The van der Waals surface area contributed by atoms with Gasteiger partial charge in [-0.3, -0.25) is 0 Å². The van der Waals surface area contributed by atoms with E-state index in [4.69, 9.17) is 11.6 Å². The molecule has 0 aliphatic heterocycles. The Morgan fingerprint density at radius 1 is 1.64 bits per heavy atom. The predicted molar refractivity (Wildman–Crippen MR) is 55.8 cm³/mol. The van der Waals surface area contributed by atoms with Gasteiger partial charge in [0.2, 0.25) is 0 Å². The third kappa shape index (κ3) is 2.72. The zero-order valence-electron chi connectivity index (χ0n) is 5.70. The van der Waals surface area contributed by atoms with Crippen LogP contribution in [-0.4, -0.2) is 0 Å². The van der Waals surface area contributed by atoms with Gasteiger partial charge in [0.05, 0.1) is 5.02 Å². The molecular weight excluding hydrogens is 270 g/mol. The first-order valence-electron chi connectivity index (χ1n) is 3.08. The number of hydrogen-bond acceptors (Lipinski definition) is 0. The van der Waals surface area contributed by atoms with Crippen molar-refractivity contribution in [1.82, 2.24) is 0 Å². The van der Waals surface area contributed by atoms with Crippen LogP contribution in [0.1, 0.15) is 5.56 Å². The molecule has 1 aromatic rings. The van der Waals surface area contributed by atoms with Crippen LogP contribution >= 0.6 is 34.2 Å². The average Bonchev–Trinajstić information content (AvgIpc) is 2.03. The van der Waals surface area contributed by atoms with E-state index in [1.54, 1.807) is 6.07 Å². The van der Waals surface area contributed by atoms with E-state index < -0.39 is 0 Å². The quantitative estimate of drug-likeness (QED) is 0.546. The molecule has 0 aromatic heterocycles. The summed E-state index contributed by atoms with van der Waals surface area (Å²) in [6, 6.07) is 8.57. The minimum absolute atomic E-state index is 0.673. The van der Waals surface area contributed by atoms with Gasteiger partial charge < -0.3 is 0 Å². The van der Waals surface area contributed by atoms with E-state index in [1.807, 2.05) is 34.7 Å². The van der Waals surface area contributed by atoms with Crippen molar-refractivity contribution in [3.05, 3.63) is 34.9 Å². The third-order valence-corrected chi connectivity index (χ3v) is 1.96. The normalized spacial score (nSPS) is 8.55. The molecule has 0 spiro atoms. The molecule has 0 bridgehead atoms. The van der Waals surface area contributed by atoms with Gasteiger partial charge in [0.25, 0.3) is 0 Å². The van der Waals surface area contributed by atoms with Gasteiger partial charge in [0, 0.05) is 35.1 Å². The first-order chi connectivity index (χ1) is 5.34. The summed E-state index contributed by atoms with van der Waals surface area (Å²) < 4.78 is 2.79. The second-order valence-electron chi connectivity index (χ2n) is 1.96. The number of hydrogen-bond donors (Lipinski definition) is 0. The molecule has 0 heterocycles. The summed E-state index contributed by atoms with van der Waals surface area (Å²) in [6.07, 6.45) is 0.707. The standard InChI is InChI=1S/C9H5ClI/c10-9-6-2-1-4-8(9)5-3-7-11/h1-2,4H,5H2. The fraction of sp³-hybridized carbons (Fsp3) is 0.111. The highest BCUT2D eigenvalue weighted by Gasteiger charge is 1.94.